The summed E-state index contributed by atoms with van der Waals surface area (Å²) in [6.07, 6.45) is 9.79. The summed E-state index contributed by atoms with van der Waals surface area (Å²) in [5, 5.41) is 8.63. The molecule has 0 unspecified atom stereocenters. The molecule has 0 aromatic carbocycles. The highest BCUT2D eigenvalue weighted by atomic mass is 32.2. The monoisotopic (exact) mass is 474 g/mol. The first-order chi connectivity index (χ1) is 15.2. The van der Waals surface area contributed by atoms with Crippen LogP contribution in [0.5, 0.6) is 0 Å². The van der Waals surface area contributed by atoms with E-state index in [4.69, 9.17) is 28.8 Å². The minimum Gasteiger partial charge on any atom is -0.481 e. The summed E-state index contributed by atoms with van der Waals surface area (Å²) in [5.74, 6) is -0.00333. The topological polar surface area (TPSA) is 83.5 Å². The van der Waals surface area contributed by atoms with Gasteiger partial charge >= 0.3 is 5.97 Å². The lowest BCUT2D eigenvalue weighted by molar-refractivity contribution is -0.228. The van der Waals surface area contributed by atoms with E-state index < -0.39 is 23.8 Å². The van der Waals surface area contributed by atoms with Gasteiger partial charge in [0.05, 0.1) is 6.10 Å². The Morgan fingerprint density at radius 2 is 1.28 bits per heavy atom. The second kappa shape index (κ2) is 11.8. The van der Waals surface area contributed by atoms with Crippen molar-refractivity contribution in [1.29, 1.82) is 0 Å². The van der Waals surface area contributed by atoms with Crippen molar-refractivity contribution in [2.24, 2.45) is 0 Å². The summed E-state index contributed by atoms with van der Waals surface area (Å²) in [7, 11) is 0. The standard InChI is InChI=1S/C24H42O7S/c1-23(2)28-19-17(27-22-21(20(19)29-23)30-24(3,4)31-22)16-32-15-13-11-9-7-5-6-8-10-12-14-18(25)26/h17,19-22H,5-16H2,1-4H3,(H,25,26)/t17-,19+,20+,21-,22-/m1/s1. The zero-order chi connectivity index (χ0) is 23.2. The Morgan fingerprint density at radius 1 is 0.750 bits per heavy atom. The molecule has 3 fully saturated rings. The fourth-order valence-corrected chi connectivity index (χ4v) is 5.82. The van der Waals surface area contributed by atoms with Crippen molar-refractivity contribution in [1.82, 2.24) is 0 Å². The van der Waals surface area contributed by atoms with Crippen molar-refractivity contribution in [3.8, 4) is 0 Å². The molecule has 8 heteroatoms. The maximum absolute atomic E-state index is 10.5. The zero-order valence-corrected chi connectivity index (χ0v) is 21.0. The molecule has 0 amide bonds. The molecule has 7 nitrogen and oxygen atoms in total. The van der Waals surface area contributed by atoms with Crippen molar-refractivity contribution in [3.63, 3.8) is 0 Å². The third-order valence-electron chi connectivity index (χ3n) is 6.21. The molecule has 0 radical (unpaired) electrons. The van der Waals surface area contributed by atoms with E-state index in [0.717, 1.165) is 30.8 Å². The summed E-state index contributed by atoms with van der Waals surface area (Å²) < 4.78 is 30.6. The van der Waals surface area contributed by atoms with Crippen LogP contribution < -0.4 is 0 Å². The second-order valence-corrected chi connectivity index (χ2v) is 11.3. The molecule has 3 heterocycles. The Kier molecular flexibility index (Phi) is 9.71. The molecule has 3 rings (SSSR count). The SMILES string of the molecule is CC1(C)O[C@H]2[C@@H](O1)[C@@H](CSCCCCCCCCCCCC(=O)O)O[C@@H]1OC(C)(C)O[C@@H]12. The first kappa shape index (κ1) is 26.2. The molecule has 1 N–H and O–H groups in total. The van der Waals surface area contributed by atoms with E-state index in [1.165, 1.54) is 38.5 Å². The van der Waals surface area contributed by atoms with Crippen molar-refractivity contribution < 1.29 is 33.6 Å². The van der Waals surface area contributed by atoms with E-state index in [-0.39, 0.29) is 24.4 Å². The van der Waals surface area contributed by atoms with Gasteiger partial charge in [-0.25, -0.2) is 0 Å². The average molecular weight is 475 g/mol. The molecule has 186 valence electrons. The van der Waals surface area contributed by atoms with Crippen molar-refractivity contribution in [2.75, 3.05) is 11.5 Å². The Hall–Kier alpha value is -0.380. The Bertz CT molecular complexity index is 597. The van der Waals surface area contributed by atoms with E-state index in [2.05, 4.69) is 0 Å². The third-order valence-corrected chi connectivity index (χ3v) is 7.35. The number of hydrogen-bond donors (Lipinski definition) is 1. The number of carboxylic acids is 1. The van der Waals surface area contributed by atoms with Crippen LogP contribution >= 0.6 is 11.8 Å². The lowest BCUT2D eigenvalue weighted by Gasteiger charge is -2.37. The molecular weight excluding hydrogens is 432 g/mol. The van der Waals surface area contributed by atoms with E-state index in [1.54, 1.807) is 0 Å². The van der Waals surface area contributed by atoms with Crippen LogP contribution in [0.15, 0.2) is 0 Å². The van der Waals surface area contributed by atoms with Crippen LogP contribution in [0.4, 0.5) is 0 Å². The Morgan fingerprint density at radius 3 is 1.94 bits per heavy atom. The summed E-state index contributed by atoms with van der Waals surface area (Å²) in [4.78, 5) is 10.5. The maximum atomic E-state index is 10.5. The molecule has 0 aromatic heterocycles. The predicted octanol–water partition coefficient (Wildman–Crippen LogP) is 5.10. The van der Waals surface area contributed by atoms with Crippen LogP contribution in [0.2, 0.25) is 0 Å². The average Bonchev–Trinajstić information content (AvgIpc) is 3.19. The van der Waals surface area contributed by atoms with Gasteiger partial charge in [0.15, 0.2) is 17.9 Å². The molecule has 32 heavy (non-hydrogen) atoms. The van der Waals surface area contributed by atoms with Crippen LogP contribution in [0.3, 0.4) is 0 Å². The molecule has 3 aliphatic rings. The summed E-state index contributed by atoms with van der Waals surface area (Å²) >= 11 is 1.92. The van der Waals surface area contributed by atoms with Crippen LogP contribution in [0.1, 0.15) is 91.9 Å². The molecule has 0 saturated carbocycles. The van der Waals surface area contributed by atoms with E-state index in [9.17, 15) is 4.79 Å². The molecule has 3 aliphatic heterocycles. The molecular formula is C24H42O7S. The molecule has 0 bridgehead atoms. The normalized spacial score (nSPS) is 32.6. The molecule has 3 saturated heterocycles. The Labute approximate surface area is 197 Å². The van der Waals surface area contributed by atoms with Gasteiger partial charge in [-0.05, 0) is 46.3 Å². The van der Waals surface area contributed by atoms with Gasteiger partial charge < -0.3 is 28.8 Å². The highest BCUT2D eigenvalue weighted by Crippen LogP contribution is 2.44. The molecule has 0 aliphatic carbocycles. The first-order valence-electron chi connectivity index (χ1n) is 12.3. The number of fused-ring (bicyclic) bond motifs is 3. The largest absolute Gasteiger partial charge is 0.481 e. The predicted molar refractivity (Wildman–Crippen MR) is 124 cm³/mol. The van der Waals surface area contributed by atoms with Gasteiger partial charge in [-0.15, -0.1) is 0 Å². The quantitative estimate of drug-likeness (QED) is 0.348. The number of ether oxygens (including phenoxy) is 5. The minimum atomic E-state index is -0.681. The number of aliphatic carboxylic acids is 1. The summed E-state index contributed by atoms with van der Waals surface area (Å²) in [6.45, 7) is 7.71. The Balaban J connectivity index is 1.26. The van der Waals surface area contributed by atoms with Gasteiger partial charge in [0, 0.05) is 12.2 Å². The second-order valence-electron chi connectivity index (χ2n) is 10.1. The van der Waals surface area contributed by atoms with Crippen molar-refractivity contribution in [2.45, 2.75) is 134 Å². The van der Waals surface area contributed by atoms with E-state index in [1.807, 2.05) is 39.5 Å². The van der Waals surface area contributed by atoms with Gasteiger partial charge in [0.25, 0.3) is 0 Å². The van der Waals surface area contributed by atoms with Gasteiger partial charge in [0.2, 0.25) is 0 Å². The summed E-state index contributed by atoms with van der Waals surface area (Å²) in [5.41, 5.74) is 0. The van der Waals surface area contributed by atoms with Gasteiger partial charge in [-0.3, -0.25) is 4.79 Å². The number of thioether (sulfide) groups is 1. The number of unbranched alkanes of at least 4 members (excludes halogenated alkanes) is 8. The number of carboxylic acid groups (broad SMARTS) is 1. The van der Waals surface area contributed by atoms with E-state index in [0.29, 0.717) is 6.42 Å². The summed E-state index contributed by atoms with van der Waals surface area (Å²) in [6, 6.07) is 0. The van der Waals surface area contributed by atoms with Crippen LogP contribution in [-0.4, -0.2) is 64.9 Å². The fourth-order valence-electron chi connectivity index (χ4n) is 4.74. The fraction of sp³-hybridized carbons (Fsp3) is 0.958. The number of carbonyl (C=O) groups is 1. The van der Waals surface area contributed by atoms with Crippen LogP contribution in [0, 0.1) is 0 Å². The highest BCUT2D eigenvalue weighted by Gasteiger charge is 2.60. The maximum Gasteiger partial charge on any atom is 0.303 e. The van der Waals surface area contributed by atoms with Crippen LogP contribution in [-0.2, 0) is 28.5 Å². The first-order valence-corrected chi connectivity index (χ1v) is 13.5. The van der Waals surface area contributed by atoms with Gasteiger partial charge in [-0.2, -0.15) is 11.8 Å². The lowest BCUT2D eigenvalue weighted by atomic mass is 10.00. The minimum absolute atomic E-state index is 0.0633. The van der Waals surface area contributed by atoms with E-state index >= 15 is 0 Å². The molecule has 0 aromatic rings. The van der Waals surface area contributed by atoms with Crippen LogP contribution in [0.25, 0.3) is 0 Å². The lowest BCUT2D eigenvalue weighted by Crippen LogP contribution is -2.55. The zero-order valence-electron chi connectivity index (χ0n) is 20.2. The highest BCUT2D eigenvalue weighted by molar-refractivity contribution is 7.99. The van der Waals surface area contributed by atoms with Crippen molar-refractivity contribution >= 4 is 17.7 Å². The number of hydrogen-bond acceptors (Lipinski definition) is 7. The van der Waals surface area contributed by atoms with Gasteiger partial charge in [0.1, 0.15) is 18.3 Å². The van der Waals surface area contributed by atoms with Crippen molar-refractivity contribution in [3.05, 3.63) is 0 Å². The smallest absolute Gasteiger partial charge is 0.303 e. The van der Waals surface area contributed by atoms with Gasteiger partial charge in [-0.1, -0.05) is 44.9 Å². The molecule has 0 spiro atoms. The number of rotatable bonds is 14. The third kappa shape index (κ3) is 7.84. The molecule has 5 atom stereocenters.